The number of hydrogen-bond acceptors (Lipinski definition) is 4. The molecular formula is C14H19N3O2S. The molecule has 5 nitrogen and oxygen atoms in total. The van der Waals surface area contributed by atoms with Crippen LogP contribution < -0.4 is 5.32 Å². The molecule has 1 unspecified atom stereocenters. The second-order valence-corrected chi connectivity index (χ2v) is 6.11. The molecule has 1 amide bonds. The number of carbonyl (C=O) groups excluding carboxylic acids is 1. The third kappa shape index (κ3) is 3.66. The molecule has 1 atom stereocenters. The summed E-state index contributed by atoms with van der Waals surface area (Å²) in [6, 6.07) is 5.78. The Balaban J connectivity index is 1.89. The molecule has 0 spiro atoms. The highest BCUT2D eigenvalue weighted by Crippen LogP contribution is 2.20. The molecule has 2 aromatic rings. The summed E-state index contributed by atoms with van der Waals surface area (Å²) in [7, 11) is 0. The van der Waals surface area contributed by atoms with Gasteiger partial charge in [0.1, 0.15) is 11.6 Å². The van der Waals surface area contributed by atoms with Gasteiger partial charge in [-0.05, 0) is 32.9 Å². The number of aromatic nitrogens is 2. The van der Waals surface area contributed by atoms with Gasteiger partial charge in [0, 0.05) is 12.1 Å². The average molecular weight is 293 g/mol. The zero-order valence-electron chi connectivity index (χ0n) is 11.9. The van der Waals surface area contributed by atoms with E-state index >= 15 is 0 Å². The molecule has 0 aliphatic carbocycles. The quantitative estimate of drug-likeness (QED) is 0.887. The molecule has 1 N–H and O–H groups in total. The van der Waals surface area contributed by atoms with Crippen molar-refractivity contribution in [2.24, 2.45) is 0 Å². The van der Waals surface area contributed by atoms with E-state index in [9.17, 15) is 4.79 Å². The van der Waals surface area contributed by atoms with Gasteiger partial charge in [0.25, 0.3) is 0 Å². The molecule has 0 aliphatic heterocycles. The minimum atomic E-state index is -0.157. The van der Waals surface area contributed by atoms with E-state index in [1.165, 1.54) is 0 Å². The SMILES string of the molecule is CC(SCc1ccco1)C(=O)Nc1ccnn1C(C)C. The van der Waals surface area contributed by atoms with E-state index in [1.807, 2.05) is 39.0 Å². The monoisotopic (exact) mass is 293 g/mol. The van der Waals surface area contributed by atoms with Crippen LogP contribution >= 0.6 is 11.8 Å². The first-order valence-corrected chi connectivity index (χ1v) is 7.61. The second kappa shape index (κ2) is 6.65. The number of thioether (sulfide) groups is 1. The van der Waals surface area contributed by atoms with Crippen molar-refractivity contribution in [2.45, 2.75) is 37.8 Å². The Morgan fingerprint density at radius 1 is 1.45 bits per heavy atom. The predicted molar refractivity (Wildman–Crippen MR) is 80.7 cm³/mol. The maximum absolute atomic E-state index is 12.1. The molecule has 20 heavy (non-hydrogen) atoms. The molecule has 0 radical (unpaired) electrons. The van der Waals surface area contributed by atoms with Crippen molar-refractivity contribution in [3.63, 3.8) is 0 Å². The fourth-order valence-electron chi connectivity index (χ4n) is 1.73. The summed E-state index contributed by atoms with van der Waals surface area (Å²) in [5, 5.41) is 6.95. The summed E-state index contributed by atoms with van der Waals surface area (Å²) >= 11 is 1.54. The molecule has 2 heterocycles. The number of nitrogens with one attached hydrogen (secondary N) is 1. The van der Waals surface area contributed by atoms with Gasteiger partial charge in [-0.15, -0.1) is 11.8 Å². The molecular weight excluding hydrogens is 274 g/mol. The maximum Gasteiger partial charge on any atom is 0.238 e. The van der Waals surface area contributed by atoms with Crippen LogP contribution in [-0.4, -0.2) is 20.9 Å². The van der Waals surface area contributed by atoms with Gasteiger partial charge in [0.15, 0.2) is 0 Å². The number of furan rings is 1. The summed E-state index contributed by atoms with van der Waals surface area (Å²) in [5.41, 5.74) is 0. The van der Waals surface area contributed by atoms with Gasteiger partial charge < -0.3 is 9.73 Å². The van der Waals surface area contributed by atoms with Crippen molar-refractivity contribution >= 4 is 23.5 Å². The lowest BCUT2D eigenvalue weighted by atomic mass is 10.4. The van der Waals surface area contributed by atoms with E-state index in [0.29, 0.717) is 5.75 Å². The molecule has 0 aromatic carbocycles. The third-order valence-corrected chi connectivity index (χ3v) is 4.00. The molecule has 6 heteroatoms. The molecule has 108 valence electrons. The van der Waals surface area contributed by atoms with E-state index in [0.717, 1.165) is 11.6 Å². The topological polar surface area (TPSA) is 60.1 Å². The van der Waals surface area contributed by atoms with E-state index < -0.39 is 0 Å². The van der Waals surface area contributed by atoms with Crippen LogP contribution in [0.3, 0.4) is 0 Å². The Morgan fingerprint density at radius 3 is 2.90 bits per heavy atom. The summed E-state index contributed by atoms with van der Waals surface area (Å²) in [4.78, 5) is 12.1. The van der Waals surface area contributed by atoms with E-state index in [1.54, 1.807) is 28.9 Å². The number of rotatable bonds is 6. The standard InChI is InChI=1S/C14H19N3O2S/c1-10(2)17-13(6-7-15-17)16-14(18)11(3)20-9-12-5-4-8-19-12/h4-8,10-11H,9H2,1-3H3,(H,16,18). The number of nitrogens with zero attached hydrogens (tertiary/aromatic N) is 2. The van der Waals surface area contributed by atoms with Crippen molar-refractivity contribution in [3.05, 3.63) is 36.4 Å². The van der Waals surface area contributed by atoms with Gasteiger partial charge in [0.05, 0.1) is 23.5 Å². The van der Waals surface area contributed by atoms with Crippen LogP contribution in [0.2, 0.25) is 0 Å². The van der Waals surface area contributed by atoms with Crippen LogP contribution in [0.5, 0.6) is 0 Å². The zero-order chi connectivity index (χ0) is 14.5. The second-order valence-electron chi connectivity index (χ2n) is 4.78. The highest BCUT2D eigenvalue weighted by atomic mass is 32.2. The minimum absolute atomic E-state index is 0.0241. The van der Waals surface area contributed by atoms with Gasteiger partial charge in [-0.3, -0.25) is 4.79 Å². The van der Waals surface area contributed by atoms with Crippen LogP contribution in [0.15, 0.2) is 35.1 Å². The van der Waals surface area contributed by atoms with Gasteiger partial charge in [-0.2, -0.15) is 5.10 Å². The summed E-state index contributed by atoms with van der Waals surface area (Å²) in [6.45, 7) is 5.94. The Labute approximate surface area is 122 Å². The fraction of sp³-hybridized carbons (Fsp3) is 0.429. The zero-order valence-corrected chi connectivity index (χ0v) is 12.7. The summed E-state index contributed by atoms with van der Waals surface area (Å²) in [5.74, 6) is 2.27. The van der Waals surface area contributed by atoms with Crippen LogP contribution in [-0.2, 0) is 10.5 Å². The molecule has 0 fully saturated rings. The van der Waals surface area contributed by atoms with Crippen molar-refractivity contribution in [1.82, 2.24) is 9.78 Å². The lowest BCUT2D eigenvalue weighted by Crippen LogP contribution is -2.24. The molecule has 2 aromatic heterocycles. The normalized spacial score (nSPS) is 12.6. The Kier molecular flexibility index (Phi) is 4.89. The van der Waals surface area contributed by atoms with Gasteiger partial charge in [-0.25, -0.2) is 4.68 Å². The summed E-state index contributed by atoms with van der Waals surface area (Å²) in [6.07, 6.45) is 3.33. The highest BCUT2D eigenvalue weighted by molar-refractivity contribution is 7.99. The van der Waals surface area contributed by atoms with Crippen molar-refractivity contribution in [1.29, 1.82) is 0 Å². The molecule has 0 bridgehead atoms. The van der Waals surface area contributed by atoms with Crippen LogP contribution in [0.25, 0.3) is 0 Å². The van der Waals surface area contributed by atoms with Crippen molar-refractivity contribution in [2.75, 3.05) is 5.32 Å². The van der Waals surface area contributed by atoms with Gasteiger partial charge >= 0.3 is 0 Å². The van der Waals surface area contributed by atoms with Crippen LogP contribution in [0, 0.1) is 0 Å². The number of anilines is 1. The van der Waals surface area contributed by atoms with E-state index in [-0.39, 0.29) is 17.2 Å². The molecule has 0 saturated carbocycles. The first-order valence-electron chi connectivity index (χ1n) is 6.56. The van der Waals surface area contributed by atoms with Crippen molar-refractivity contribution in [3.8, 4) is 0 Å². The fourth-order valence-corrected chi connectivity index (χ4v) is 2.52. The lowest BCUT2D eigenvalue weighted by Gasteiger charge is -2.14. The molecule has 0 saturated heterocycles. The lowest BCUT2D eigenvalue weighted by molar-refractivity contribution is -0.115. The van der Waals surface area contributed by atoms with Crippen molar-refractivity contribution < 1.29 is 9.21 Å². The van der Waals surface area contributed by atoms with E-state index in [4.69, 9.17) is 4.42 Å². The number of hydrogen-bond donors (Lipinski definition) is 1. The highest BCUT2D eigenvalue weighted by Gasteiger charge is 2.16. The Morgan fingerprint density at radius 2 is 2.25 bits per heavy atom. The molecule has 0 aliphatic rings. The van der Waals surface area contributed by atoms with Crippen LogP contribution in [0.1, 0.15) is 32.6 Å². The molecule has 2 rings (SSSR count). The maximum atomic E-state index is 12.1. The number of amides is 1. The number of carbonyl (C=O) groups is 1. The Bertz CT molecular complexity index is 549. The van der Waals surface area contributed by atoms with Gasteiger partial charge in [-0.1, -0.05) is 0 Å². The third-order valence-electron chi connectivity index (χ3n) is 2.84. The smallest absolute Gasteiger partial charge is 0.238 e. The Hall–Kier alpha value is -1.69. The predicted octanol–water partition coefficient (Wildman–Crippen LogP) is 3.32. The van der Waals surface area contributed by atoms with Crippen LogP contribution in [0.4, 0.5) is 5.82 Å². The largest absolute Gasteiger partial charge is 0.468 e. The minimum Gasteiger partial charge on any atom is -0.468 e. The first-order chi connectivity index (χ1) is 9.58. The summed E-state index contributed by atoms with van der Waals surface area (Å²) < 4.78 is 7.05. The van der Waals surface area contributed by atoms with Gasteiger partial charge in [0.2, 0.25) is 5.91 Å². The van der Waals surface area contributed by atoms with E-state index in [2.05, 4.69) is 10.4 Å². The average Bonchev–Trinajstić information content (AvgIpc) is 3.06. The first kappa shape index (κ1) is 14.7.